The molecule has 110 valence electrons. The van der Waals surface area contributed by atoms with Crippen LogP contribution in [0.1, 0.15) is 5.56 Å². The molecule has 0 aliphatic carbocycles. The van der Waals surface area contributed by atoms with Crippen LogP contribution in [0, 0.1) is 0 Å². The van der Waals surface area contributed by atoms with Crippen LogP contribution in [0.15, 0.2) is 48.5 Å². The molecule has 0 heterocycles. The molecule has 0 atom stereocenters. The molecule has 0 spiro atoms. The Balaban J connectivity index is 1.82. The number of ether oxygens (including phenoxy) is 1. The molecule has 5 heteroatoms. The van der Waals surface area contributed by atoms with E-state index in [-0.39, 0.29) is 12.5 Å². The smallest absolute Gasteiger partial charge is 0.239 e. The highest BCUT2D eigenvalue weighted by Crippen LogP contribution is 2.17. The van der Waals surface area contributed by atoms with Gasteiger partial charge in [0.25, 0.3) is 0 Å². The average Bonchev–Trinajstić information content (AvgIpc) is 2.51. The molecular formula is C16H17ClN2O2. The number of benzene rings is 2. The van der Waals surface area contributed by atoms with Crippen LogP contribution in [0.4, 0.5) is 5.69 Å². The van der Waals surface area contributed by atoms with E-state index in [0.717, 1.165) is 17.0 Å². The summed E-state index contributed by atoms with van der Waals surface area (Å²) in [4.78, 5) is 11.8. The molecule has 0 unspecified atom stereocenters. The van der Waals surface area contributed by atoms with Gasteiger partial charge in [0, 0.05) is 22.8 Å². The van der Waals surface area contributed by atoms with Crippen molar-refractivity contribution in [3.05, 3.63) is 59.1 Å². The van der Waals surface area contributed by atoms with E-state index in [2.05, 4.69) is 10.6 Å². The van der Waals surface area contributed by atoms with Crippen LogP contribution >= 0.6 is 11.6 Å². The highest BCUT2D eigenvalue weighted by atomic mass is 35.5. The second-order valence-corrected chi connectivity index (χ2v) is 4.89. The van der Waals surface area contributed by atoms with Crippen molar-refractivity contribution < 1.29 is 9.53 Å². The highest BCUT2D eigenvalue weighted by molar-refractivity contribution is 6.30. The van der Waals surface area contributed by atoms with Crippen LogP contribution in [0.5, 0.6) is 5.75 Å². The van der Waals surface area contributed by atoms with Crippen LogP contribution in [-0.4, -0.2) is 19.6 Å². The summed E-state index contributed by atoms with van der Waals surface area (Å²) in [5, 5.41) is 6.50. The van der Waals surface area contributed by atoms with E-state index in [0.29, 0.717) is 11.6 Å². The van der Waals surface area contributed by atoms with Crippen molar-refractivity contribution in [3.63, 3.8) is 0 Å². The number of hydrogen-bond acceptors (Lipinski definition) is 3. The molecule has 0 aliphatic heterocycles. The summed E-state index contributed by atoms with van der Waals surface area (Å²) >= 11 is 5.88. The van der Waals surface area contributed by atoms with E-state index in [1.54, 1.807) is 19.2 Å². The topological polar surface area (TPSA) is 50.4 Å². The van der Waals surface area contributed by atoms with Crippen molar-refractivity contribution in [2.45, 2.75) is 6.54 Å². The van der Waals surface area contributed by atoms with E-state index in [9.17, 15) is 4.79 Å². The van der Waals surface area contributed by atoms with Gasteiger partial charge in [0.05, 0.1) is 13.7 Å². The van der Waals surface area contributed by atoms with Gasteiger partial charge in [0.2, 0.25) is 5.91 Å². The predicted octanol–water partition coefficient (Wildman–Crippen LogP) is 3.08. The Hall–Kier alpha value is -2.20. The normalized spacial score (nSPS) is 10.0. The Bertz CT molecular complexity index is 617. The monoisotopic (exact) mass is 304 g/mol. The standard InChI is InChI=1S/C16H17ClN2O2/c1-21-15-8-3-2-5-12(15)10-19-16(20)11-18-14-7-4-6-13(17)9-14/h2-9,18H,10-11H2,1H3,(H,19,20). The van der Waals surface area contributed by atoms with Gasteiger partial charge in [-0.25, -0.2) is 0 Å². The molecule has 2 aromatic rings. The van der Waals surface area contributed by atoms with E-state index >= 15 is 0 Å². The Kier molecular flexibility index (Phi) is 5.46. The van der Waals surface area contributed by atoms with Crippen LogP contribution in [0.3, 0.4) is 0 Å². The third-order valence-electron chi connectivity index (χ3n) is 2.95. The third-order valence-corrected chi connectivity index (χ3v) is 3.18. The number of anilines is 1. The van der Waals surface area contributed by atoms with Gasteiger partial charge < -0.3 is 15.4 Å². The summed E-state index contributed by atoms with van der Waals surface area (Å²) in [6, 6.07) is 14.8. The second-order valence-electron chi connectivity index (χ2n) is 4.45. The summed E-state index contributed by atoms with van der Waals surface area (Å²) in [6.07, 6.45) is 0. The number of amides is 1. The van der Waals surface area contributed by atoms with E-state index in [4.69, 9.17) is 16.3 Å². The first-order valence-corrected chi connectivity index (χ1v) is 6.95. The Labute approximate surface area is 129 Å². The van der Waals surface area contributed by atoms with Gasteiger partial charge in [0.15, 0.2) is 0 Å². The largest absolute Gasteiger partial charge is 0.496 e. The summed E-state index contributed by atoms with van der Waals surface area (Å²) < 4.78 is 5.24. The van der Waals surface area contributed by atoms with Crippen LogP contribution in [0.25, 0.3) is 0 Å². The lowest BCUT2D eigenvalue weighted by atomic mass is 10.2. The molecule has 4 nitrogen and oxygen atoms in total. The zero-order chi connectivity index (χ0) is 15.1. The fraction of sp³-hybridized carbons (Fsp3) is 0.188. The van der Waals surface area contributed by atoms with Crippen LogP contribution in [0.2, 0.25) is 5.02 Å². The van der Waals surface area contributed by atoms with E-state index in [1.165, 1.54) is 0 Å². The number of carbonyl (C=O) groups excluding carboxylic acids is 1. The molecule has 21 heavy (non-hydrogen) atoms. The van der Waals surface area contributed by atoms with Crippen molar-refractivity contribution in [3.8, 4) is 5.75 Å². The molecule has 0 aliphatic rings. The third kappa shape index (κ3) is 4.68. The maximum Gasteiger partial charge on any atom is 0.239 e. The minimum absolute atomic E-state index is 0.0964. The molecule has 0 radical (unpaired) electrons. The molecule has 2 rings (SSSR count). The molecule has 0 saturated carbocycles. The first-order chi connectivity index (χ1) is 10.2. The molecule has 0 fully saturated rings. The van der Waals surface area contributed by atoms with Crippen LogP contribution in [-0.2, 0) is 11.3 Å². The molecular weight excluding hydrogens is 288 g/mol. The lowest BCUT2D eigenvalue weighted by Gasteiger charge is -2.10. The lowest BCUT2D eigenvalue weighted by Crippen LogP contribution is -2.29. The number of carbonyl (C=O) groups is 1. The van der Waals surface area contributed by atoms with Crippen molar-refractivity contribution in [1.29, 1.82) is 0 Å². The van der Waals surface area contributed by atoms with Crippen molar-refractivity contribution in [1.82, 2.24) is 5.32 Å². The number of rotatable bonds is 6. The molecule has 0 bridgehead atoms. The first-order valence-electron chi connectivity index (χ1n) is 6.57. The molecule has 2 N–H and O–H groups in total. The number of methoxy groups -OCH3 is 1. The van der Waals surface area contributed by atoms with Crippen molar-refractivity contribution in [2.75, 3.05) is 19.0 Å². The van der Waals surface area contributed by atoms with Gasteiger partial charge in [0.1, 0.15) is 5.75 Å². The van der Waals surface area contributed by atoms with E-state index in [1.807, 2.05) is 36.4 Å². The molecule has 1 amide bonds. The quantitative estimate of drug-likeness (QED) is 0.862. The Morgan fingerprint density at radius 3 is 2.76 bits per heavy atom. The number of nitrogens with one attached hydrogen (secondary N) is 2. The Morgan fingerprint density at radius 2 is 2.00 bits per heavy atom. The first kappa shape index (κ1) is 15.2. The maximum atomic E-state index is 11.8. The second kappa shape index (κ2) is 7.55. The highest BCUT2D eigenvalue weighted by Gasteiger charge is 2.05. The van der Waals surface area contributed by atoms with Gasteiger partial charge in [-0.2, -0.15) is 0 Å². The minimum Gasteiger partial charge on any atom is -0.496 e. The Morgan fingerprint density at radius 1 is 1.19 bits per heavy atom. The minimum atomic E-state index is -0.0964. The van der Waals surface area contributed by atoms with Gasteiger partial charge in [-0.05, 0) is 24.3 Å². The van der Waals surface area contributed by atoms with Gasteiger partial charge in [-0.15, -0.1) is 0 Å². The molecule has 0 saturated heterocycles. The molecule has 2 aromatic carbocycles. The molecule has 0 aromatic heterocycles. The van der Waals surface area contributed by atoms with E-state index < -0.39 is 0 Å². The fourth-order valence-corrected chi connectivity index (χ4v) is 2.08. The van der Waals surface area contributed by atoms with Crippen molar-refractivity contribution >= 4 is 23.2 Å². The predicted molar refractivity (Wildman–Crippen MR) is 84.8 cm³/mol. The van der Waals surface area contributed by atoms with Crippen LogP contribution < -0.4 is 15.4 Å². The zero-order valence-electron chi connectivity index (χ0n) is 11.7. The summed E-state index contributed by atoms with van der Waals surface area (Å²) in [6.45, 7) is 0.621. The fourth-order valence-electron chi connectivity index (χ4n) is 1.89. The van der Waals surface area contributed by atoms with Gasteiger partial charge in [-0.1, -0.05) is 35.9 Å². The van der Waals surface area contributed by atoms with Gasteiger partial charge in [-0.3, -0.25) is 4.79 Å². The lowest BCUT2D eigenvalue weighted by molar-refractivity contribution is -0.119. The number of para-hydroxylation sites is 1. The summed E-state index contributed by atoms with van der Waals surface area (Å²) in [7, 11) is 1.61. The SMILES string of the molecule is COc1ccccc1CNC(=O)CNc1cccc(Cl)c1. The zero-order valence-corrected chi connectivity index (χ0v) is 12.5. The summed E-state index contributed by atoms with van der Waals surface area (Å²) in [5.74, 6) is 0.668. The summed E-state index contributed by atoms with van der Waals surface area (Å²) in [5.41, 5.74) is 1.76. The number of hydrogen-bond donors (Lipinski definition) is 2. The maximum absolute atomic E-state index is 11.8. The van der Waals surface area contributed by atoms with Gasteiger partial charge >= 0.3 is 0 Å². The number of halogens is 1. The average molecular weight is 305 g/mol. The van der Waals surface area contributed by atoms with Crippen molar-refractivity contribution in [2.24, 2.45) is 0 Å².